The second kappa shape index (κ2) is 6.86. The van der Waals surface area contributed by atoms with Crippen molar-refractivity contribution in [1.82, 2.24) is 19.1 Å². The molecule has 0 bridgehead atoms. The van der Waals surface area contributed by atoms with E-state index in [1.165, 1.54) is 15.9 Å². The monoisotopic (exact) mass is 364 g/mol. The first-order valence-corrected chi connectivity index (χ1v) is 8.92. The van der Waals surface area contributed by atoms with E-state index in [0.29, 0.717) is 22.4 Å². The van der Waals surface area contributed by atoms with Gasteiger partial charge in [0, 0.05) is 23.3 Å². The van der Waals surface area contributed by atoms with Crippen LogP contribution in [0.4, 0.5) is 0 Å². The van der Waals surface area contributed by atoms with Gasteiger partial charge in [-0.15, -0.1) is 11.3 Å². The van der Waals surface area contributed by atoms with Crippen LogP contribution in [0.5, 0.6) is 0 Å². The van der Waals surface area contributed by atoms with Crippen LogP contribution in [0.25, 0.3) is 11.4 Å². The number of rotatable bonds is 5. The molecule has 0 saturated heterocycles. The van der Waals surface area contributed by atoms with Gasteiger partial charge in [0.15, 0.2) is 10.3 Å². The number of fused-ring (bicyclic) bond motifs is 1. The summed E-state index contributed by atoms with van der Waals surface area (Å²) in [7, 11) is 0. The second-order valence-electron chi connectivity index (χ2n) is 5.66. The smallest absolute Gasteiger partial charge is 0.327 e. The first-order valence-electron chi connectivity index (χ1n) is 7.73. The largest absolute Gasteiger partial charge is 0.352 e. The summed E-state index contributed by atoms with van der Waals surface area (Å²) < 4.78 is 3.48. The van der Waals surface area contributed by atoms with Crippen LogP contribution < -0.4 is 11.2 Å². The summed E-state index contributed by atoms with van der Waals surface area (Å²) in [4.78, 5) is 34.2. The van der Waals surface area contributed by atoms with Crippen molar-refractivity contribution in [3.05, 3.63) is 54.7 Å². The zero-order valence-corrected chi connectivity index (χ0v) is 15.0. The van der Waals surface area contributed by atoms with Gasteiger partial charge >= 0.3 is 5.69 Å². The Kier molecular flexibility index (Phi) is 4.82. The molecule has 1 atom stereocenters. The fourth-order valence-corrected chi connectivity index (χ4v) is 3.76. The number of nitrogens with zero attached hydrogens (tertiary/aromatic N) is 4. The molecule has 0 aliphatic carbocycles. The Balaban J connectivity index is 2.11. The quantitative estimate of drug-likeness (QED) is 0.697. The molecule has 0 aromatic carbocycles. The van der Waals surface area contributed by atoms with Crippen molar-refractivity contribution in [2.45, 2.75) is 39.3 Å². The van der Waals surface area contributed by atoms with Crippen LogP contribution in [0.3, 0.4) is 0 Å². The maximum absolute atomic E-state index is 12.8. The lowest BCUT2D eigenvalue weighted by atomic mass is 10.1. The average molecular weight is 365 g/mol. The van der Waals surface area contributed by atoms with E-state index in [9.17, 15) is 9.59 Å². The summed E-state index contributed by atoms with van der Waals surface area (Å²) in [6.07, 6.45) is 5.13. The predicted octanol–water partition coefficient (Wildman–Crippen LogP) is 3.03. The van der Waals surface area contributed by atoms with E-state index in [2.05, 4.69) is 9.97 Å². The summed E-state index contributed by atoms with van der Waals surface area (Å²) in [5.74, 6) is 0.386. The zero-order valence-electron chi connectivity index (χ0n) is 13.4. The van der Waals surface area contributed by atoms with Gasteiger partial charge in [0.05, 0.1) is 12.1 Å². The number of pyridine rings is 1. The maximum Gasteiger partial charge on any atom is 0.352 e. The molecule has 24 heavy (non-hydrogen) atoms. The molecular formula is C16H17ClN4O2S. The van der Waals surface area contributed by atoms with Crippen molar-refractivity contribution in [3.63, 3.8) is 0 Å². The summed E-state index contributed by atoms with van der Waals surface area (Å²) in [5, 5.41) is 0. The Labute approximate surface area is 147 Å². The Morgan fingerprint density at radius 3 is 2.83 bits per heavy atom. The molecule has 3 heterocycles. The number of hydrogen-bond donors (Lipinski definition) is 0. The summed E-state index contributed by atoms with van der Waals surface area (Å²) >= 11 is 7.22. The molecule has 126 valence electrons. The lowest BCUT2D eigenvalue weighted by molar-refractivity contribution is 0.464. The highest BCUT2D eigenvalue weighted by molar-refractivity contribution is 7.15. The van der Waals surface area contributed by atoms with Crippen LogP contribution in [-0.4, -0.2) is 19.1 Å². The van der Waals surface area contributed by atoms with Crippen LogP contribution in [0.2, 0.25) is 4.47 Å². The van der Waals surface area contributed by atoms with E-state index in [-0.39, 0.29) is 11.6 Å². The molecule has 1 unspecified atom stereocenters. The Morgan fingerprint density at radius 1 is 1.38 bits per heavy atom. The van der Waals surface area contributed by atoms with Crippen LogP contribution in [0.1, 0.15) is 37.6 Å². The van der Waals surface area contributed by atoms with Crippen molar-refractivity contribution in [1.29, 1.82) is 0 Å². The van der Waals surface area contributed by atoms with Gasteiger partial charge in [-0.3, -0.25) is 9.36 Å². The van der Waals surface area contributed by atoms with Gasteiger partial charge in [-0.1, -0.05) is 24.9 Å². The fourth-order valence-electron chi connectivity index (χ4n) is 2.78. The lowest BCUT2D eigenvalue weighted by Gasteiger charge is -2.17. The summed E-state index contributed by atoms with van der Waals surface area (Å²) in [5.41, 5.74) is -0.353. The molecule has 0 spiro atoms. The van der Waals surface area contributed by atoms with Gasteiger partial charge in [-0.2, -0.15) is 4.98 Å². The highest BCUT2D eigenvalue weighted by Gasteiger charge is 2.20. The van der Waals surface area contributed by atoms with Gasteiger partial charge < -0.3 is 4.57 Å². The van der Waals surface area contributed by atoms with Crippen LogP contribution in [-0.2, 0) is 6.54 Å². The van der Waals surface area contributed by atoms with Crippen LogP contribution in [0.15, 0.2) is 34.1 Å². The van der Waals surface area contributed by atoms with E-state index in [1.54, 1.807) is 29.1 Å². The van der Waals surface area contributed by atoms with Crippen molar-refractivity contribution in [2.75, 3.05) is 0 Å². The molecule has 0 saturated carbocycles. The molecule has 1 aromatic rings. The molecular weight excluding hydrogens is 348 g/mol. The van der Waals surface area contributed by atoms with Crippen molar-refractivity contribution in [3.8, 4) is 11.4 Å². The standard InChI is InChI=1S/C16H17ClN4O2S/c1-3-5-10(2)21-14(22)12-6-4-7-20(13(12)19-16(21)23)9-11-8-18-15(17)24-11/h4,6-8,10H,3,5,9H2,1-2H3. The minimum atomic E-state index is -0.504. The highest BCUT2D eigenvalue weighted by atomic mass is 35.5. The minimum Gasteiger partial charge on any atom is -0.327 e. The van der Waals surface area contributed by atoms with Gasteiger partial charge in [0.2, 0.25) is 0 Å². The van der Waals surface area contributed by atoms with Crippen molar-refractivity contribution in [2.24, 2.45) is 0 Å². The number of aromatic nitrogens is 4. The fraction of sp³-hybridized carbons (Fsp3) is 0.375. The van der Waals surface area contributed by atoms with E-state index in [4.69, 9.17) is 11.6 Å². The molecule has 0 radical (unpaired) electrons. The molecule has 8 heteroatoms. The number of halogens is 1. The van der Waals surface area contributed by atoms with Gasteiger partial charge in [-0.25, -0.2) is 9.78 Å². The van der Waals surface area contributed by atoms with Gasteiger partial charge in [0.1, 0.15) is 0 Å². The molecule has 0 fully saturated rings. The number of thiazole rings is 1. The second-order valence-corrected chi connectivity index (χ2v) is 7.36. The van der Waals surface area contributed by atoms with Crippen molar-refractivity contribution >= 4 is 22.9 Å². The third-order valence-corrected chi connectivity index (χ3v) is 5.00. The first kappa shape index (κ1) is 16.9. The van der Waals surface area contributed by atoms with Crippen molar-refractivity contribution < 1.29 is 0 Å². The molecule has 2 aliphatic rings. The molecule has 1 aromatic heterocycles. The topological polar surface area (TPSA) is 69.8 Å². The Hall–Kier alpha value is -1.99. The predicted molar refractivity (Wildman–Crippen MR) is 95.2 cm³/mol. The lowest BCUT2D eigenvalue weighted by Crippen LogP contribution is -2.39. The molecule has 3 rings (SSSR count). The Morgan fingerprint density at radius 2 is 2.17 bits per heavy atom. The molecule has 0 amide bonds. The van der Waals surface area contributed by atoms with E-state index < -0.39 is 5.69 Å². The van der Waals surface area contributed by atoms with Gasteiger partial charge in [-0.05, 0) is 25.5 Å². The van der Waals surface area contributed by atoms with E-state index in [0.717, 1.165) is 17.7 Å². The van der Waals surface area contributed by atoms with E-state index >= 15 is 0 Å². The van der Waals surface area contributed by atoms with Crippen LogP contribution >= 0.6 is 22.9 Å². The maximum atomic E-state index is 12.8. The number of hydrogen-bond acceptors (Lipinski definition) is 5. The van der Waals surface area contributed by atoms with Gasteiger partial charge in [0.25, 0.3) is 5.56 Å². The normalized spacial score (nSPS) is 12.6. The third kappa shape index (κ3) is 3.14. The Bertz CT molecular complexity index is 946. The molecule has 6 nitrogen and oxygen atoms in total. The first-order chi connectivity index (χ1) is 11.5. The minimum absolute atomic E-state index is 0.166. The van der Waals surface area contributed by atoms with E-state index in [1.807, 2.05) is 13.8 Å². The average Bonchev–Trinajstić information content (AvgIpc) is 2.93. The summed E-state index contributed by atoms with van der Waals surface area (Å²) in [6, 6.07) is 3.32. The van der Waals surface area contributed by atoms with Crippen LogP contribution in [0, 0.1) is 0 Å². The summed E-state index contributed by atoms with van der Waals surface area (Å²) in [6.45, 7) is 4.35. The highest BCUT2D eigenvalue weighted by Crippen LogP contribution is 2.21. The zero-order chi connectivity index (χ0) is 17.3. The SMILES string of the molecule is CCCC(C)n1c(=O)nc2n(Cc3cnc(Cl)s3)cccc-2c1=O. The third-order valence-electron chi connectivity index (χ3n) is 3.90. The molecule has 0 N–H and O–H groups in total. The molecule has 2 aliphatic heterocycles.